The van der Waals surface area contributed by atoms with E-state index in [1.54, 1.807) is 4.90 Å². The standard InChI is InChI=1S/C29H36N6O5/c1-18(30-28(39)40-29(2,3)4)22-6-5-7-24(31-22)34-14-12-33(13-15-34)20-8-9-21-19(16-20)17-35(27(21)38)23-10-11-25(36)32-26(23)37/h5-9,16,18,23H,10-15,17H2,1-4H3,(H,30,39)(H,32,36,37)/t18-,23?/m0/s1. The van der Waals surface area contributed by atoms with Crippen molar-refractivity contribution in [2.45, 2.75) is 64.8 Å². The summed E-state index contributed by atoms with van der Waals surface area (Å²) in [6, 6.07) is 10.7. The first kappa shape index (κ1) is 27.4. The molecule has 3 aliphatic rings. The Morgan fingerprint density at radius 3 is 2.50 bits per heavy atom. The van der Waals surface area contributed by atoms with Gasteiger partial charge in [-0.1, -0.05) is 6.07 Å². The highest BCUT2D eigenvalue weighted by Crippen LogP contribution is 2.31. The molecule has 0 bridgehead atoms. The number of piperazine rings is 1. The molecule has 4 amide bonds. The van der Waals surface area contributed by atoms with Gasteiger partial charge in [0.25, 0.3) is 5.91 Å². The normalized spacial score (nSPS) is 20.2. The molecule has 2 aromatic rings. The summed E-state index contributed by atoms with van der Waals surface area (Å²) in [4.78, 5) is 59.9. The predicted molar refractivity (Wildman–Crippen MR) is 149 cm³/mol. The van der Waals surface area contributed by atoms with Gasteiger partial charge in [0.05, 0.1) is 11.7 Å². The summed E-state index contributed by atoms with van der Waals surface area (Å²) in [5.74, 6) is -0.00109. The number of hydrogen-bond donors (Lipinski definition) is 2. The van der Waals surface area contributed by atoms with E-state index in [1.165, 1.54) is 0 Å². The number of pyridine rings is 1. The second-order valence-corrected chi connectivity index (χ2v) is 11.5. The van der Waals surface area contributed by atoms with Gasteiger partial charge in [0.2, 0.25) is 11.8 Å². The highest BCUT2D eigenvalue weighted by atomic mass is 16.6. The number of amides is 4. The summed E-state index contributed by atoms with van der Waals surface area (Å²) in [6.45, 7) is 10.8. The zero-order valence-electron chi connectivity index (χ0n) is 23.4. The van der Waals surface area contributed by atoms with Crippen LogP contribution >= 0.6 is 0 Å². The van der Waals surface area contributed by atoms with Gasteiger partial charge in [-0.3, -0.25) is 19.7 Å². The molecule has 0 saturated carbocycles. The minimum absolute atomic E-state index is 0.165. The second-order valence-electron chi connectivity index (χ2n) is 11.5. The lowest BCUT2D eigenvalue weighted by molar-refractivity contribution is -0.136. The predicted octanol–water partition coefficient (Wildman–Crippen LogP) is 2.75. The number of fused-ring (bicyclic) bond motifs is 1. The van der Waals surface area contributed by atoms with E-state index in [1.807, 2.05) is 64.1 Å². The maximum absolute atomic E-state index is 13.0. The number of alkyl carbamates (subject to hydrolysis) is 1. The number of aromatic nitrogens is 1. The Bertz CT molecular complexity index is 1330. The van der Waals surface area contributed by atoms with Crippen LogP contribution in [-0.4, -0.2) is 71.5 Å². The molecule has 0 aliphatic carbocycles. The molecule has 4 heterocycles. The van der Waals surface area contributed by atoms with Gasteiger partial charge < -0.3 is 24.8 Å². The first-order chi connectivity index (χ1) is 19.0. The smallest absolute Gasteiger partial charge is 0.408 e. The number of anilines is 2. The lowest BCUT2D eigenvalue weighted by Gasteiger charge is -2.37. The third-order valence-corrected chi connectivity index (χ3v) is 7.41. The Morgan fingerprint density at radius 2 is 1.80 bits per heavy atom. The van der Waals surface area contributed by atoms with Crippen LogP contribution in [0.15, 0.2) is 36.4 Å². The van der Waals surface area contributed by atoms with Gasteiger partial charge in [-0.15, -0.1) is 0 Å². The summed E-state index contributed by atoms with van der Waals surface area (Å²) in [6.07, 6.45) is 0.116. The molecule has 2 atom stereocenters. The van der Waals surface area contributed by atoms with Crippen LogP contribution in [0.25, 0.3) is 0 Å². The van der Waals surface area contributed by atoms with E-state index in [-0.39, 0.29) is 24.3 Å². The quantitative estimate of drug-likeness (QED) is 0.547. The van der Waals surface area contributed by atoms with Crippen molar-refractivity contribution in [3.8, 4) is 0 Å². The number of hydrogen-bond acceptors (Lipinski definition) is 8. The zero-order chi connectivity index (χ0) is 28.6. The molecule has 2 N–H and O–H groups in total. The highest BCUT2D eigenvalue weighted by molar-refractivity contribution is 6.05. The molecular weight excluding hydrogens is 512 g/mol. The molecule has 5 rings (SSSR count). The maximum Gasteiger partial charge on any atom is 0.408 e. The van der Waals surface area contributed by atoms with Crippen LogP contribution in [0.4, 0.5) is 16.3 Å². The summed E-state index contributed by atoms with van der Waals surface area (Å²) in [7, 11) is 0. The molecule has 1 unspecified atom stereocenters. The van der Waals surface area contributed by atoms with Crippen LogP contribution in [-0.2, 0) is 20.9 Å². The van der Waals surface area contributed by atoms with Crippen LogP contribution < -0.4 is 20.4 Å². The molecule has 0 spiro atoms. The Kier molecular flexibility index (Phi) is 7.39. The number of carbonyl (C=O) groups excluding carboxylic acids is 4. The number of ether oxygens (including phenoxy) is 1. The highest BCUT2D eigenvalue weighted by Gasteiger charge is 2.39. The number of rotatable bonds is 5. The van der Waals surface area contributed by atoms with Crippen LogP contribution in [0.3, 0.4) is 0 Å². The van der Waals surface area contributed by atoms with Crippen molar-refractivity contribution in [2.75, 3.05) is 36.0 Å². The molecule has 11 heteroatoms. The lowest BCUT2D eigenvalue weighted by atomic mass is 10.0. The molecule has 2 saturated heterocycles. The number of piperidine rings is 1. The van der Waals surface area contributed by atoms with E-state index in [4.69, 9.17) is 9.72 Å². The van der Waals surface area contributed by atoms with E-state index in [0.29, 0.717) is 18.5 Å². The van der Waals surface area contributed by atoms with Gasteiger partial charge in [0.15, 0.2) is 0 Å². The second kappa shape index (κ2) is 10.8. The van der Waals surface area contributed by atoms with Gasteiger partial charge in [-0.25, -0.2) is 9.78 Å². The number of nitrogens with zero attached hydrogens (tertiary/aromatic N) is 4. The molecule has 0 radical (unpaired) electrons. The monoisotopic (exact) mass is 548 g/mol. The molecular formula is C29H36N6O5. The van der Waals surface area contributed by atoms with Gasteiger partial charge >= 0.3 is 6.09 Å². The van der Waals surface area contributed by atoms with Crippen molar-refractivity contribution in [3.05, 3.63) is 53.2 Å². The number of carbonyl (C=O) groups is 4. The lowest BCUT2D eigenvalue weighted by Crippen LogP contribution is -2.52. The van der Waals surface area contributed by atoms with Crippen LogP contribution in [0.5, 0.6) is 0 Å². The van der Waals surface area contributed by atoms with Gasteiger partial charge in [0, 0.05) is 50.4 Å². The Hall–Kier alpha value is -4.15. The van der Waals surface area contributed by atoms with Crippen molar-refractivity contribution in [1.82, 2.24) is 20.5 Å². The van der Waals surface area contributed by atoms with E-state index < -0.39 is 23.6 Å². The van der Waals surface area contributed by atoms with E-state index in [0.717, 1.165) is 48.9 Å². The Morgan fingerprint density at radius 1 is 1.07 bits per heavy atom. The zero-order valence-corrected chi connectivity index (χ0v) is 23.4. The van der Waals surface area contributed by atoms with Crippen LogP contribution in [0.1, 0.15) is 68.2 Å². The van der Waals surface area contributed by atoms with Gasteiger partial charge in [0.1, 0.15) is 17.5 Å². The first-order valence-electron chi connectivity index (χ1n) is 13.7. The SMILES string of the molecule is C[C@H](NC(=O)OC(C)(C)C)c1cccc(N2CCN(c3ccc4c(c3)CN(C3CCC(=O)NC3=O)C4=O)CC2)n1. The third-order valence-electron chi connectivity index (χ3n) is 7.41. The first-order valence-corrected chi connectivity index (χ1v) is 13.7. The Labute approximate surface area is 233 Å². The third kappa shape index (κ3) is 5.88. The van der Waals surface area contributed by atoms with Gasteiger partial charge in [-0.05, 0) is 70.0 Å². The molecule has 3 aliphatic heterocycles. The minimum Gasteiger partial charge on any atom is -0.444 e. The molecule has 212 valence electrons. The van der Waals surface area contributed by atoms with E-state index in [2.05, 4.69) is 20.4 Å². The van der Waals surface area contributed by atoms with E-state index >= 15 is 0 Å². The van der Waals surface area contributed by atoms with Crippen molar-refractivity contribution < 1.29 is 23.9 Å². The topological polar surface area (TPSA) is 124 Å². The largest absolute Gasteiger partial charge is 0.444 e. The van der Waals surface area contributed by atoms with Gasteiger partial charge in [-0.2, -0.15) is 0 Å². The molecule has 1 aromatic carbocycles. The van der Waals surface area contributed by atoms with Crippen molar-refractivity contribution >= 4 is 35.3 Å². The maximum atomic E-state index is 13.0. The van der Waals surface area contributed by atoms with Crippen LogP contribution in [0, 0.1) is 0 Å². The fourth-order valence-corrected chi connectivity index (χ4v) is 5.37. The number of imide groups is 1. The average molecular weight is 549 g/mol. The fourth-order valence-electron chi connectivity index (χ4n) is 5.37. The fraction of sp³-hybridized carbons (Fsp3) is 0.483. The molecule has 11 nitrogen and oxygen atoms in total. The number of benzene rings is 1. The summed E-state index contributed by atoms with van der Waals surface area (Å²) >= 11 is 0. The summed E-state index contributed by atoms with van der Waals surface area (Å²) in [5, 5.41) is 5.19. The molecule has 2 fully saturated rings. The molecule has 1 aromatic heterocycles. The molecule has 40 heavy (non-hydrogen) atoms. The number of nitrogens with one attached hydrogen (secondary N) is 2. The average Bonchev–Trinajstić information content (AvgIpc) is 3.23. The van der Waals surface area contributed by atoms with Crippen molar-refractivity contribution in [1.29, 1.82) is 0 Å². The minimum atomic E-state index is -0.616. The van der Waals surface area contributed by atoms with E-state index in [9.17, 15) is 19.2 Å². The van der Waals surface area contributed by atoms with Crippen LogP contribution in [0.2, 0.25) is 0 Å². The Balaban J connectivity index is 1.20. The van der Waals surface area contributed by atoms with Crippen molar-refractivity contribution in [3.63, 3.8) is 0 Å². The summed E-state index contributed by atoms with van der Waals surface area (Å²) in [5.41, 5.74) is 2.74. The van der Waals surface area contributed by atoms with Crippen molar-refractivity contribution in [2.24, 2.45) is 0 Å². The summed E-state index contributed by atoms with van der Waals surface area (Å²) < 4.78 is 5.36.